The van der Waals surface area contributed by atoms with Gasteiger partial charge in [-0.25, -0.2) is 4.39 Å². The smallest absolute Gasteiger partial charge is 0.303 e. The van der Waals surface area contributed by atoms with Crippen LogP contribution in [0, 0.1) is 5.82 Å². The van der Waals surface area contributed by atoms with Crippen LogP contribution < -0.4 is 9.64 Å². The summed E-state index contributed by atoms with van der Waals surface area (Å²) in [5, 5.41) is 10.1. The average Bonchev–Trinajstić information content (AvgIpc) is 3.39. The van der Waals surface area contributed by atoms with Gasteiger partial charge in [0.2, 0.25) is 0 Å². The fraction of sp³-hybridized carbons (Fsp3) is 0.286. The van der Waals surface area contributed by atoms with Gasteiger partial charge in [-0.15, -0.1) is 10.2 Å². The normalized spacial score (nSPS) is 16.0. The predicted molar refractivity (Wildman–Crippen MR) is 113 cm³/mol. The number of ether oxygens (including phenoxy) is 2. The van der Waals surface area contributed by atoms with Gasteiger partial charge in [-0.1, -0.05) is 22.9 Å². The van der Waals surface area contributed by atoms with Crippen molar-refractivity contribution in [3.63, 3.8) is 0 Å². The van der Waals surface area contributed by atoms with Gasteiger partial charge >= 0.3 is 5.97 Å². The zero-order chi connectivity index (χ0) is 21.1. The number of esters is 1. The monoisotopic (exact) mass is 447 g/mol. The summed E-state index contributed by atoms with van der Waals surface area (Å²) in [6, 6.07) is 12.2. The Bertz CT molecular complexity index is 1040. The van der Waals surface area contributed by atoms with Crippen molar-refractivity contribution in [2.75, 3.05) is 18.0 Å². The van der Waals surface area contributed by atoms with Gasteiger partial charge in [0, 0.05) is 37.2 Å². The minimum absolute atomic E-state index is 0.0593. The summed E-state index contributed by atoms with van der Waals surface area (Å²) in [7, 11) is 0. The summed E-state index contributed by atoms with van der Waals surface area (Å²) >= 11 is 7.49. The Balaban J connectivity index is 1.38. The van der Waals surface area contributed by atoms with E-state index in [2.05, 4.69) is 15.1 Å². The number of benzene rings is 2. The Labute approximate surface area is 182 Å². The standard InChI is InChI=1S/C21H19ClFN3O3S/c1-13(27)28-12-20-24-25-21(30-20)14-2-5-16(6-3-14)26-9-8-17(11-26)29-19-10-15(23)4-7-18(19)22/h2-7,10,17H,8-9,11-12H2,1H3/t17-/m1/s1. The minimum atomic E-state index is -0.368. The molecule has 1 aliphatic rings. The molecule has 1 atom stereocenters. The molecule has 156 valence electrons. The first-order chi connectivity index (χ1) is 14.5. The van der Waals surface area contributed by atoms with Gasteiger partial charge in [-0.3, -0.25) is 4.79 Å². The highest BCUT2D eigenvalue weighted by Crippen LogP contribution is 2.31. The van der Waals surface area contributed by atoms with E-state index in [1.807, 2.05) is 24.3 Å². The van der Waals surface area contributed by atoms with Crippen LogP contribution in [-0.4, -0.2) is 35.4 Å². The first-order valence-corrected chi connectivity index (χ1v) is 10.6. The molecule has 9 heteroatoms. The molecular weight excluding hydrogens is 429 g/mol. The SMILES string of the molecule is CC(=O)OCc1nnc(-c2ccc(N3CC[C@@H](Oc4cc(F)ccc4Cl)C3)cc2)s1. The van der Waals surface area contributed by atoms with Crippen molar-refractivity contribution in [3.05, 3.63) is 58.3 Å². The molecule has 0 spiro atoms. The van der Waals surface area contributed by atoms with Crippen molar-refractivity contribution in [1.29, 1.82) is 0 Å². The van der Waals surface area contributed by atoms with Crippen LogP contribution in [0.4, 0.5) is 10.1 Å². The molecule has 0 radical (unpaired) electrons. The molecule has 4 rings (SSSR count). The topological polar surface area (TPSA) is 64.5 Å². The second kappa shape index (κ2) is 8.97. The molecule has 30 heavy (non-hydrogen) atoms. The van der Waals surface area contributed by atoms with Gasteiger partial charge in [0.1, 0.15) is 29.3 Å². The highest BCUT2D eigenvalue weighted by atomic mass is 35.5. The van der Waals surface area contributed by atoms with E-state index in [0.717, 1.165) is 29.2 Å². The summed E-state index contributed by atoms with van der Waals surface area (Å²) in [5.41, 5.74) is 2.02. The third kappa shape index (κ3) is 4.88. The Morgan fingerprint density at radius 1 is 1.27 bits per heavy atom. The second-order valence-corrected chi connectivity index (χ2v) is 8.35. The van der Waals surface area contributed by atoms with Crippen LogP contribution in [0.25, 0.3) is 10.6 Å². The number of halogens is 2. The van der Waals surface area contributed by atoms with Gasteiger partial charge in [0.05, 0.1) is 11.6 Å². The van der Waals surface area contributed by atoms with E-state index >= 15 is 0 Å². The molecule has 2 heterocycles. The number of nitrogens with zero attached hydrogens (tertiary/aromatic N) is 3. The van der Waals surface area contributed by atoms with E-state index in [4.69, 9.17) is 21.1 Å². The van der Waals surface area contributed by atoms with Crippen molar-refractivity contribution in [1.82, 2.24) is 10.2 Å². The van der Waals surface area contributed by atoms with Crippen molar-refractivity contribution < 1.29 is 18.7 Å². The molecule has 1 aromatic heterocycles. The van der Waals surface area contributed by atoms with Crippen LogP contribution in [0.2, 0.25) is 5.02 Å². The molecule has 0 amide bonds. The van der Waals surface area contributed by atoms with E-state index in [1.54, 1.807) is 0 Å². The molecule has 0 unspecified atom stereocenters. The lowest BCUT2D eigenvalue weighted by molar-refractivity contribution is -0.142. The lowest BCUT2D eigenvalue weighted by Crippen LogP contribution is -2.24. The lowest BCUT2D eigenvalue weighted by Gasteiger charge is -2.19. The van der Waals surface area contributed by atoms with Crippen molar-refractivity contribution >= 4 is 34.6 Å². The average molecular weight is 448 g/mol. The number of anilines is 1. The number of carbonyl (C=O) groups excluding carboxylic acids is 1. The third-order valence-electron chi connectivity index (χ3n) is 4.68. The van der Waals surface area contributed by atoms with Gasteiger partial charge in [-0.2, -0.15) is 0 Å². The van der Waals surface area contributed by atoms with E-state index in [9.17, 15) is 9.18 Å². The summed E-state index contributed by atoms with van der Waals surface area (Å²) in [6.07, 6.45) is 0.765. The molecule has 6 nitrogen and oxygen atoms in total. The first-order valence-electron chi connectivity index (χ1n) is 9.41. The zero-order valence-electron chi connectivity index (χ0n) is 16.2. The second-order valence-electron chi connectivity index (χ2n) is 6.88. The number of hydrogen-bond donors (Lipinski definition) is 0. The first kappa shape index (κ1) is 20.6. The van der Waals surface area contributed by atoms with Crippen LogP contribution in [0.3, 0.4) is 0 Å². The van der Waals surface area contributed by atoms with Crippen LogP contribution in [-0.2, 0) is 16.1 Å². The van der Waals surface area contributed by atoms with Gasteiger partial charge < -0.3 is 14.4 Å². The molecule has 0 N–H and O–H groups in total. The highest BCUT2D eigenvalue weighted by molar-refractivity contribution is 7.14. The number of carbonyl (C=O) groups is 1. The van der Waals surface area contributed by atoms with Gasteiger partial charge in [-0.05, 0) is 36.4 Å². The molecule has 1 fully saturated rings. The van der Waals surface area contributed by atoms with Crippen molar-refractivity contribution in [2.24, 2.45) is 0 Å². The molecule has 1 saturated heterocycles. The van der Waals surface area contributed by atoms with Crippen LogP contribution in [0.15, 0.2) is 42.5 Å². The maximum absolute atomic E-state index is 13.4. The predicted octanol–water partition coefficient (Wildman–Crippen LogP) is 4.72. The number of hydrogen-bond acceptors (Lipinski definition) is 7. The summed E-state index contributed by atoms with van der Waals surface area (Å²) in [6.45, 7) is 3.02. The summed E-state index contributed by atoms with van der Waals surface area (Å²) in [4.78, 5) is 13.1. The minimum Gasteiger partial charge on any atom is -0.487 e. The molecular formula is C21H19ClFN3O3S. The Morgan fingerprint density at radius 3 is 2.83 bits per heavy atom. The zero-order valence-corrected chi connectivity index (χ0v) is 17.8. The summed E-state index contributed by atoms with van der Waals surface area (Å²) in [5.74, 6) is -0.337. The fourth-order valence-electron chi connectivity index (χ4n) is 3.21. The molecule has 0 bridgehead atoms. The maximum atomic E-state index is 13.4. The van der Waals surface area contributed by atoms with Crippen LogP contribution in [0.5, 0.6) is 5.75 Å². The third-order valence-corrected chi connectivity index (χ3v) is 5.94. The molecule has 2 aromatic carbocycles. The molecule has 3 aromatic rings. The van der Waals surface area contributed by atoms with Gasteiger partial charge in [0.15, 0.2) is 5.01 Å². The van der Waals surface area contributed by atoms with E-state index in [1.165, 1.54) is 36.5 Å². The largest absolute Gasteiger partial charge is 0.487 e. The Hall–Kier alpha value is -2.71. The fourth-order valence-corrected chi connectivity index (χ4v) is 4.13. The summed E-state index contributed by atoms with van der Waals surface area (Å²) < 4.78 is 24.3. The van der Waals surface area contributed by atoms with E-state index in [-0.39, 0.29) is 24.5 Å². The molecule has 0 saturated carbocycles. The van der Waals surface area contributed by atoms with E-state index in [0.29, 0.717) is 22.3 Å². The van der Waals surface area contributed by atoms with Crippen LogP contribution in [0.1, 0.15) is 18.4 Å². The van der Waals surface area contributed by atoms with E-state index < -0.39 is 0 Å². The number of aromatic nitrogens is 2. The number of rotatable bonds is 6. The van der Waals surface area contributed by atoms with Gasteiger partial charge in [0.25, 0.3) is 0 Å². The maximum Gasteiger partial charge on any atom is 0.303 e. The van der Waals surface area contributed by atoms with Crippen molar-refractivity contribution in [2.45, 2.75) is 26.1 Å². The van der Waals surface area contributed by atoms with Crippen LogP contribution >= 0.6 is 22.9 Å². The lowest BCUT2D eigenvalue weighted by atomic mass is 10.2. The molecule has 1 aliphatic heterocycles. The molecule has 0 aliphatic carbocycles. The Morgan fingerprint density at radius 2 is 2.07 bits per heavy atom. The van der Waals surface area contributed by atoms with Crippen molar-refractivity contribution in [3.8, 4) is 16.3 Å². The quantitative estimate of drug-likeness (QED) is 0.509. The highest BCUT2D eigenvalue weighted by Gasteiger charge is 2.25. The Kier molecular flexibility index (Phi) is 6.15.